The molecule has 6 nitrogen and oxygen atoms in total. The van der Waals surface area contributed by atoms with Crippen molar-refractivity contribution in [2.24, 2.45) is 0 Å². The third kappa shape index (κ3) is 3.74. The van der Waals surface area contributed by atoms with Crippen LogP contribution < -0.4 is 4.74 Å². The number of H-pyrrole nitrogens is 1. The van der Waals surface area contributed by atoms with Crippen LogP contribution in [0.5, 0.6) is 5.75 Å². The van der Waals surface area contributed by atoms with E-state index in [1.54, 1.807) is 12.3 Å². The predicted octanol–water partition coefficient (Wildman–Crippen LogP) is 1.70. The molecule has 25 heavy (non-hydrogen) atoms. The second-order valence-electron chi connectivity index (χ2n) is 6.44. The lowest BCUT2D eigenvalue weighted by Gasteiger charge is -2.33. The molecule has 1 fully saturated rings. The Balaban J connectivity index is 1.30. The lowest BCUT2D eigenvalue weighted by molar-refractivity contribution is -0.127. The van der Waals surface area contributed by atoms with Gasteiger partial charge in [-0.05, 0) is 29.3 Å². The number of imidazole rings is 1. The molecule has 6 heteroatoms. The second kappa shape index (κ2) is 7.11. The molecule has 2 aliphatic heterocycles. The van der Waals surface area contributed by atoms with Crippen molar-refractivity contribution in [2.45, 2.75) is 13.0 Å². The SMILES string of the molecule is O=C(C=Cc1ccc2c(c1)CCO2)N1CCN(Cc2ncc[nH]2)CC1. The molecule has 4 rings (SSSR count). The van der Waals surface area contributed by atoms with Gasteiger partial charge >= 0.3 is 0 Å². The summed E-state index contributed by atoms with van der Waals surface area (Å²) in [6.45, 7) is 4.81. The Morgan fingerprint density at radius 3 is 2.96 bits per heavy atom. The number of hydrogen-bond donors (Lipinski definition) is 1. The monoisotopic (exact) mass is 338 g/mol. The van der Waals surface area contributed by atoms with Crippen molar-refractivity contribution >= 4 is 12.0 Å². The fraction of sp³-hybridized carbons (Fsp3) is 0.368. The van der Waals surface area contributed by atoms with Gasteiger partial charge in [-0.25, -0.2) is 4.98 Å². The van der Waals surface area contributed by atoms with Crippen LogP contribution in [0.25, 0.3) is 6.08 Å². The third-order valence-corrected chi connectivity index (χ3v) is 4.74. The van der Waals surface area contributed by atoms with Crippen molar-refractivity contribution in [1.82, 2.24) is 19.8 Å². The molecule has 0 aliphatic carbocycles. The van der Waals surface area contributed by atoms with Crippen molar-refractivity contribution in [3.05, 3.63) is 53.6 Å². The van der Waals surface area contributed by atoms with Crippen LogP contribution in [0, 0.1) is 0 Å². The zero-order valence-electron chi connectivity index (χ0n) is 14.1. The van der Waals surface area contributed by atoms with E-state index in [2.05, 4.69) is 20.9 Å². The molecule has 0 unspecified atom stereocenters. The Morgan fingerprint density at radius 2 is 2.16 bits per heavy atom. The first-order valence-electron chi connectivity index (χ1n) is 8.71. The van der Waals surface area contributed by atoms with Crippen LogP contribution in [0.15, 0.2) is 36.7 Å². The van der Waals surface area contributed by atoms with Crippen molar-refractivity contribution in [2.75, 3.05) is 32.8 Å². The van der Waals surface area contributed by atoms with Gasteiger partial charge in [-0.1, -0.05) is 6.07 Å². The van der Waals surface area contributed by atoms with Crippen LogP contribution >= 0.6 is 0 Å². The molecule has 130 valence electrons. The lowest BCUT2D eigenvalue weighted by atomic mass is 10.1. The minimum absolute atomic E-state index is 0.0781. The summed E-state index contributed by atoms with van der Waals surface area (Å²) in [5.41, 5.74) is 2.27. The summed E-state index contributed by atoms with van der Waals surface area (Å²) < 4.78 is 5.51. The highest BCUT2D eigenvalue weighted by atomic mass is 16.5. The molecule has 1 amide bonds. The summed E-state index contributed by atoms with van der Waals surface area (Å²) in [4.78, 5) is 24.0. The van der Waals surface area contributed by atoms with E-state index >= 15 is 0 Å². The van der Waals surface area contributed by atoms with E-state index in [4.69, 9.17) is 4.74 Å². The van der Waals surface area contributed by atoms with Crippen LogP contribution in [-0.4, -0.2) is 58.5 Å². The second-order valence-corrected chi connectivity index (χ2v) is 6.44. The van der Waals surface area contributed by atoms with Gasteiger partial charge in [0.25, 0.3) is 0 Å². The minimum atomic E-state index is 0.0781. The number of nitrogens with zero attached hydrogens (tertiary/aromatic N) is 3. The van der Waals surface area contributed by atoms with E-state index < -0.39 is 0 Å². The molecule has 0 bridgehead atoms. The zero-order valence-corrected chi connectivity index (χ0v) is 14.1. The number of amides is 1. The first kappa shape index (κ1) is 15.9. The maximum atomic E-state index is 12.4. The average Bonchev–Trinajstić information content (AvgIpc) is 3.31. The van der Waals surface area contributed by atoms with Gasteiger partial charge in [0.2, 0.25) is 5.91 Å². The van der Waals surface area contributed by atoms with Gasteiger partial charge in [0, 0.05) is 51.1 Å². The predicted molar refractivity (Wildman–Crippen MR) is 95.1 cm³/mol. The van der Waals surface area contributed by atoms with Gasteiger partial charge in [0.15, 0.2) is 0 Å². The van der Waals surface area contributed by atoms with E-state index in [9.17, 15) is 4.79 Å². The normalized spacial score (nSPS) is 17.7. The summed E-state index contributed by atoms with van der Waals surface area (Å²) in [7, 11) is 0. The number of fused-ring (bicyclic) bond motifs is 1. The van der Waals surface area contributed by atoms with Crippen LogP contribution in [0.4, 0.5) is 0 Å². The molecule has 0 radical (unpaired) electrons. The summed E-state index contributed by atoms with van der Waals surface area (Å²) in [5.74, 6) is 2.02. The van der Waals surface area contributed by atoms with Crippen LogP contribution in [0.1, 0.15) is 17.0 Å². The van der Waals surface area contributed by atoms with Gasteiger partial charge < -0.3 is 14.6 Å². The van der Waals surface area contributed by atoms with E-state index in [-0.39, 0.29) is 5.91 Å². The molecule has 3 heterocycles. The number of nitrogens with one attached hydrogen (secondary N) is 1. The molecule has 2 aliphatic rings. The summed E-state index contributed by atoms with van der Waals surface area (Å²) in [5, 5.41) is 0. The molecule has 0 spiro atoms. The van der Waals surface area contributed by atoms with Crippen molar-refractivity contribution < 1.29 is 9.53 Å². The van der Waals surface area contributed by atoms with Crippen molar-refractivity contribution in [3.63, 3.8) is 0 Å². The largest absolute Gasteiger partial charge is 0.493 e. The van der Waals surface area contributed by atoms with Gasteiger partial charge in [0.05, 0.1) is 13.2 Å². The first-order chi connectivity index (χ1) is 12.3. The van der Waals surface area contributed by atoms with Crippen LogP contribution in [0.2, 0.25) is 0 Å². The summed E-state index contributed by atoms with van der Waals surface area (Å²) >= 11 is 0. The lowest BCUT2D eigenvalue weighted by Crippen LogP contribution is -2.47. The zero-order chi connectivity index (χ0) is 17.1. The van der Waals surface area contributed by atoms with Gasteiger partial charge in [-0.15, -0.1) is 0 Å². The van der Waals surface area contributed by atoms with E-state index in [1.807, 2.05) is 29.3 Å². The Morgan fingerprint density at radius 1 is 1.28 bits per heavy atom. The van der Waals surface area contributed by atoms with Crippen molar-refractivity contribution in [3.8, 4) is 5.75 Å². The van der Waals surface area contributed by atoms with Crippen LogP contribution in [0.3, 0.4) is 0 Å². The third-order valence-electron chi connectivity index (χ3n) is 4.74. The molecule has 1 N–H and O–H groups in total. The molecule has 1 aromatic carbocycles. The van der Waals surface area contributed by atoms with E-state index in [1.165, 1.54) is 5.56 Å². The Hall–Kier alpha value is -2.60. The number of rotatable bonds is 4. The Labute approximate surface area is 147 Å². The summed E-state index contributed by atoms with van der Waals surface area (Å²) in [6.07, 6.45) is 8.13. The fourth-order valence-electron chi connectivity index (χ4n) is 3.31. The standard InChI is InChI=1S/C19H22N4O2/c24-19(4-2-15-1-3-17-16(13-15)5-12-25-17)23-10-8-22(9-11-23)14-18-20-6-7-21-18/h1-4,6-7,13H,5,8-12,14H2,(H,20,21). The summed E-state index contributed by atoms with van der Waals surface area (Å²) in [6, 6.07) is 6.09. The maximum Gasteiger partial charge on any atom is 0.246 e. The van der Waals surface area contributed by atoms with Crippen LogP contribution in [-0.2, 0) is 17.8 Å². The number of aromatic amines is 1. The quantitative estimate of drug-likeness (QED) is 0.862. The maximum absolute atomic E-state index is 12.4. The topological polar surface area (TPSA) is 61.5 Å². The molecule has 1 saturated heterocycles. The van der Waals surface area contributed by atoms with Gasteiger partial charge in [-0.2, -0.15) is 0 Å². The molecule has 0 atom stereocenters. The fourth-order valence-corrected chi connectivity index (χ4v) is 3.31. The highest BCUT2D eigenvalue weighted by Gasteiger charge is 2.20. The number of hydrogen-bond acceptors (Lipinski definition) is 4. The molecular weight excluding hydrogens is 316 g/mol. The first-order valence-corrected chi connectivity index (χ1v) is 8.71. The van der Waals surface area contributed by atoms with E-state index in [0.717, 1.165) is 62.9 Å². The van der Waals surface area contributed by atoms with Crippen molar-refractivity contribution in [1.29, 1.82) is 0 Å². The van der Waals surface area contributed by atoms with Gasteiger partial charge in [0.1, 0.15) is 11.6 Å². The number of piperazine rings is 1. The van der Waals surface area contributed by atoms with Gasteiger partial charge in [-0.3, -0.25) is 9.69 Å². The number of carbonyl (C=O) groups excluding carboxylic acids is 1. The number of aromatic nitrogens is 2. The smallest absolute Gasteiger partial charge is 0.246 e. The molecule has 2 aromatic rings. The average molecular weight is 338 g/mol. The Bertz CT molecular complexity index is 762. The minimum Gasteiger partial charge on any atom is -0.493 e. The highest BCUT2D eigenvalue weighted by Crippen LogP contribution is 2.26. The molecular formula is C19H22N4O2. The number of benzene rings is 1. The number of carbonyl (C=O) groups is 1. The molecule has 1 aromatic heterocycles. The Kier molecular flexibility index (Phi) is 4.52. The highest BCUT2D eigenvalue weighted by molar-refractivity contribution is 5.91. The number of ether oxygens (including phenoxy) is 1. The van der Waals surface area contributed by atoms with E-state index in [0.29, 0.717) is 0 Å². The molecule has 0 saturated carbocycles.